The highest BCUT2D eigenvalue weighted by Gasteiger charge is 2.29. The number of rotatable bonds is 17. The van der Waals surface area contributed by atoms with Crippen molar-refractivity contribution < 1.29 is 19.1 Å². The van der Waals surface area contributed by atoms with Crippen LogP contribution >= 0.6 is 7.75 Å². The first-order valence-corrected chi connectivity index (χ1v) is 11.5. The molecule has 4 N–H and O–H groups in total. The second-order valence-corrected chi connectivity index (χ2v) is 8.48. The van der Waals surface area contributed by atoms with Crippen molar-refractivity contribution in [3.05, 3.63) is 0 Å². The zero-order valence-corrected chi connectivity index (χ0v) is 16.7. The minimum atomic E-state index is -4.03. The Morgan fingerprint density at radius 2 is 1.21 bits per heavy atom. The van der Waals surface area contributed by atoms with Gasteiger partial charge in [-0.05, 0) is 12.8 Å². The van der Waals surface area contributed by atoms with Gasteiger partial charge in [-0.2, -0.15) is 0 Å². The Morgan fingerprint density at radius 3 is 1.58 bits per heavy atom. The highest BCUT2D eigenvalue weighted by molar-refractivity contribution is 7.50. The normalized spacial score (nSPS) is 14.7. The number of unbranched alkanes of at least 4 members (excludes halogenated alkanes) is 10. The topological polar surface area (TPSA) is 92.8 Å². The van der Waals surface area contributed by atoms with E-state index in [1.807, 2.05) is 0 Å². The molecule has 1 atom stereocenters. The molecule has 0 fully saturated rings. The fourth-order valence-corrected chi connectivity index (χ4v) is 3.38. The maximum atomic E-state index is 11.2. The molecule has 146 valence electrons. The van der Waals surface area contributed by atoms with Crippen LogP contribution in [0.3, 0.4) is 0 Å². The lowest BCUT2D eigenvalue weighted by Crippen LogP contribution is -2.34. The SMILES string of the molecule is CCCCCCCCC(O)(CCCCCCCC)COP(N)(=O)O. The van der Waals surface area contributed by atoms with E-state index in [0.29, 0.717) is 12.8 Å². The van der Waals surface area contributed by atoms with E-state index in [2.05, 4.69) is 13.8 Å². The average Bonchev–Trinajstić information content (AvgIpc) is 2.52. The van der Waals surface area contributed by atoms with Crippen LogP contribution in [0.4, 0.5) is 0 Å². The zero-order chi connectivity index (χ0) is 18.3. The van der Waals surface area contributed by atoms with E-state index in [4.69, 9.17) is 14.9 Å². The Labute approximate surface area is 149 Å². The van der Waals surface area contributed by atoms with E-state index in [0.717, 1.165) is 25.7 Å². The Hall–Kier alpha value is 0.0700. The molecule has 0 radical (unpaired) electrons. The smallest absolute Gasteiger partial charge is 0.387 e. The van der Waals surface area contributed by atoms with Crippen LogP contribution in [0.15, 0.2) is 0 Å². The molecule has 6 heteroatoms. The van der Waals surface area contributed by atoms with Gasteiger partial charge in [-0.1, -0.05) is 90.9 Å². The Kier molecular flexibility index (Phi) is 14.3. The Bertz CT molecular complexity index is 317. The van der Waals surface area contributed by atoms with Crippen LogP contribution in [0, 0.1) is 0 Å². The summed E-state index contributed by atoms with van der Waals surface area (Å²) in [5, 5.41) is 10.8. The summed E-state index contributed by atoms with van der Waals surface area (Å²) in [7, 11) is -4.03. The number of aliphatic hydroxyl groups is 1. The van der Waals surface area contributed by atoms with Crippen LogP contribution in [0.2, 0.25) is 0 Å². The molecule has 0 aromatic rings. The molecule has 0 aromatic carbocycles. The minimum Gasteiger partial charge on any atom is -0.387 e. The molecule has 0 aliphatic heterocycles. The fraction of sp³-hybridized carbons (Fsp3) is 1.00. The van der Waals surface area contributed by atoms with Gasteiger partial charge in [0.2, 0.25) is 0 Å². The lowest BCUT2D eigenvalue weighted by atomic mass is 9.90. The summed E-state index contributed by atoms with van der Waals surface area (Å²) in [6.07, 6.45) is 15.0. The van der Waals surface area contributed by atoms with Crippen molar-refractivity contribution >= 4 is 7.75 Å². The maximum absolute atomic E-state index is 11.2. The molecule has 1 unspecified atom stereocenters. The van der Waals surface area contributed by atoms with Gasteiger partial charge in [-0.3, -0.25) is 4.52 Å². The number of nitrogens with two attached hydrogens (primary N) is 1. The zero-order valence-electron chi connectivity index (χ0n) is 15.8. The van der Waals surface area contributed by atoms with Crippen molar-refractivity contribution in [2.75, 3.05) is 6.61 Å². The molecular formula is C18H40NO4P. The van der Waals surface area contributed by atoms with Crippen LogP contribution in [-0.2, 0) is 9.09 Å². The molecule has 0 aromatic heterocycles. The third kappa shape index (κ3) is 15.6. The summed E-state index contributed by atoms with van der Waals surface area (Å²) < 4.78 is 16.0. The molecule has 0 amide bonds. The minimum absolute atomic E-state index is 0.152. The van der Waals surface area contributed by atoms with E-state index >= 15 is 0 Å². The van der Waals surface area contributed by atoms with E-state index < -0.39 is 13.3 Å². The Morgan fingerprint density at radius 1 is 0.833 bits per heavy atom. The molecule has 5 nitrogen and oxygen atoms in total. The maximum Gasteiger partial charge on any atom is 0.400 e. The van der Waals surface area contributed by atoms with Crippen LogP contribution in [-0.4, -0.2) is 22.2 Å². The molecule has 0 rings (SSSR count). The van der Waals surface area contributed by atoms with Crippen molar-refractivity contribution in [2.24, 2.45) is 5.50 Å². The number of hydrogen-bond donors (Lipinski definition) is 3. The molecular weight excluding hydrogens is 325 g/mol. The molecule has 0 bridgehead atoms. The summed E-state index contributed by atoms with van der Waals surface area (Å²) in [5.74, 6) is 0. The first-order valence-electron chi connectivity index (χ1n) is 9.81. The lowest BCUT2D eigenvalue weighted by molar-refractivity contribution is -0.0258. The van der Waals surface area contributed by atoms with Crippen LogP contribution in [0.25, 0.3) is 0 Å². The largest absolute Gasteiger partial charge is 0.400 e. The summed E-state index contributed by atoms with van der Waals surface area (Å²) in [6.45, 7) is 4.23. The third-order valence-corrected chi connectivity index (χ3v) is 5.01. The Balaban J connectivity index is 4.15. The molecule has 0 aliphatic carbocycles. The van der Waals surface area contributed by atoms with E-state index in [-0.39, 0.29) is 6.61 Å². The van der Waals surface area contributed by atoms with Crippen molar-refractivity contribution in [1.82, 2.24) is 0 Å². The first kappa shape index (κ1) is 24.1. The van der Waals surface area contributed by atoms with Crippen molar-refractivity contribution in [3.63, 3.8) is 0 Å². The standard InChI is InChI=1S/C18H40NO4P/c1-3-5-7-9-11-13-15-18(20,17-23-24(19,21)22)16-14-12-10-8-6-4-2/h20H,3-17H2,1-2H3,(H3,19,21,22). The van der Waals surface area contributed by atoms with Gasteiger partial charge in [-0.25, -0.2) is 10.1 Å². The summed E-state index contributed by atoms with van der Waals surface area (Å²) in [4.78, 5) is 9.12. The van der Waals surface area contributed by atoms with Gasteiger partial charge in [0, 0.05) is 0 Å². The van der Waals surface area contributed by atoms with Gasteiger partial charge in [0.05, 0.1) is 12.2 Å². The second kappa shape index (κ2) is 14.3. The van der Waals surface area contributed by atoms with Crippen molar-refractivity contribution in [1.29, 1.82) is 0 Å². The van der Waals surface area contributed by atoms with Crippen LogP contribution in [0.1, 0.15) is 104 Å². The first-order chi connectivity index (χ1) is 11.3. The van der Waals surface area contributed by atoms with Crippen LogP contribution in [0.5, 0.6) is 0 Å². The highest BCUT2D eigenvalue weighted by Crippen LogP contribution is 2.35. The number of hydrogen-bond acceptors (Lipinski definition) is 3. The van der Waals surface area contributed by atoms with Crippen molar-refractivity contribution in [3.8, 4) is 0 Å². The van der Waals surface area contributed by atoms with Gasteiger partial charge in [-0.15, -0.1) is 0 Å². The summed E-state index contributed by atoms with van der Waals surface area (Å²) in [6, 6.07) is 0. The second-order valence-electron chi connectivity index (χ2n) is 7.10. The van der Waals surface area contributed by atoms with Crippen LogP contribution < -0.4 is 5.50 Å². The van der Waals surface area contributed by atoms with Gasteiger partial charge >= 0.3 is 7.75 Å². The van der Waals surface area contributed by atoms with Gasteiger partial charge in [0.25, 0.3) is 0 Å². The molecule has 24 heavy (non-hydrogen) atoms. The quantitative estimate of drug-likeness (QED) is 0.240. The van der Waals surface area contributed by atoms with Gasteiger partial charge < -0.3 is 10.00 Å². The fourth-order valence-electron chi connectivity index (χ4n) is 2.95. The third-order valence-electron chi connectivity index (χ3n) is 4.51. The molecule has 0 spiro atoms. The molecule has 0 heterocycles. The average molecular weight is 365 g/mol. The molecule has 0 saturated carbocycles. The summed E-state index contributed by atoms with van der Waals surface area (Å²) >= 11 is 0. The molecule has 0 saturated heterocycles. The predicted molar refractivity (Wildman–Crippen MR) is 101 cm³/mol. The van der Waals surface area contributed by atoms with Gasteiger partial charge in [0.15, 0.2) is 0 Å². The summed E-state index contributed by atoms with van der Waals surface area (Å²) in [5.41, 5.74) is 4.01. The highest BCUT2D eigenvalue weighted by atomic mass is 31.2. The molecule has 0 aliphatic rings. The van der Waals surface area contributed by atoms with Crippen molar-refractivity contribution in [2.45, 2.75) is 109 Å². The van der Waals surface area contributed by atoms with E-state index in [1.54, 1.807) is 0 Å². The predicted octanol–water partition coefficient (Wildman–Crippen LogP) is 5.29. The lowest BCUT2D eigenvalue weighted by Gasteiger charge is -2.28. The monoisotopic (exact) mass is 365 g/mol. The van der Waals surface area contributed by atoms with Gasteiger partial charge in [0.1, 0.15) is 0 Å². The van der Waals surface area contributed by atoms with E-state index in [1.165, 1.54) is 51.4 Å². The van der Waals surface area contributed by atoms with E-state index in [9.17, 15) is 9.67 Å².